The molecule has 1 fully saturated rings. The summed E-state index contributed by atoms with van der Waals surface area (Å²) in [6.07, 6.45) is 1.61. The van der Waals surface area contributed by atoms with Gasteiger partial charge in [0.15, 0.2) is 0 Å². The zero-order valence-electron chi connectivity index (χ0n) is 12.9. The normalized spacial score (nSPS) is 15.0. The van der Waals surface area contributed by atoms with Gasteiger partial charge in [-0.15, -0.1) is 0 Å². The molecule has 0 unspecified atom stereocenters. The van der Waals surface area contributed by atoms with Gasteiger partial charge in [-0.2, -0.15) is 0 Å². The maximum absolute atomic E-state index is 11.7. The van der Waals surface area contributed by atoms with Crippen LogP contribution in [-0.4, -0.2) is 39.5 Å². The molecule has 0 radical (unpaired) electrons. The van der Waals surface area contributed by atoms with Crippen molar-refractivity contribution in [2.45, 2.75) is 33.2 Å². The number of hydrogen-bond donors (Lipinski definition) is 1. The van der Waals surface area contributed by atoms with E-state index < -0.39 is 5.97 Å². The van der Waals surface area contributed by atoms with Gasteiger partial charge in [-0.05, 0) is 44.0 Å². The van der Waals surface area contributed by atoms with Gasteiger partial charge in [-0.25, -0.2) is 4.79 Å². The van der Waals surface area contributed by atoms with E-state index in [4.69, 9.17) is 5.11 Å². The number of benzene rings is 1. The van der Waals surface area contributed by atoms with Crippen LogP contribution in [0.3, 0.4) is 0 Å². The minimum absolute atomic E-state index is 0.235. The maximum Gasteiger partial charge on any atom is 0.335 e. The van der Waals surface area contributed by atoms with E-state index >= 15 is 0 Å². The molecule has 2 aromatic rings. The topological polar surface area (TPSA) is 62.5 Å². The van der Waals surface area contributed by atoms with Gasteiger partial charge in [0.1, 0.15) is 0 Å². The van der Waals surface area contributed by atoms with Crippen LogP contribution < -0.4 is 0 Å². The fourth-order valence-electron chi connectivity index (χ4n) is 3.23. The number of rotatable bonds is 4. The van der Waals surface area contributed by atoms with E-state index in [1.165, 1.54) is 0 Å². The first-order chi connectivity index (χ1) is 10.5. The average Bonchev–Trinajstić information content (AvgIpc) is 3.00. The number of amides is 1. The van der Waals surface area contributed by atoms with Crippen LogP contribution in [0.25, 0.3) is 10.9 Å². The van der Waals surface area contributed by atoms with Crippen LogP contribution >= 0.6 is 0 Å². The van der Waals surface area contributed by atoms with Crippen molar-refractivity contribution in [3.8, 4) is 0 Å². The molecular weight excluding hydrogens is 280 g/mol. The molecule has 2 heterocycles. The third kappa shape index (κ3) is 2.36. The molecule has 5 heteroatoms. The Morgan fingerprint density at radius 2 is 2.05 bits per heavy atom. The maximum atomic E-state index is 11.7. The number of aromatic nitrogens is 1. The molecule has 1 amide bonds. The Labute approximate surface area is 129 Å². The van der Waals surface area contributed by atoms with Crippen LogP contribution in [0.5, 0.6) is 0 Å². The second-order valence-electron chi connectivity index (χ2n) is 5.88. The molecule has 0 spiro atoms. The predicted molar refractivity (Wildman–Crippen MR) is 84.2 cm³/mol. The summed E-state index contributed by atoms with van der Waals surface area (Å²) in [5, 5.41) is 10.1. The molecule has 5 nitrogen and oxygen atoms in total. The predicted octanol–water partition coefficient (Wildman–Crippen LogP) is 2.58. The van der Waals surface area contributed by atoms with Crippen LogP contribution in [0.4, 0.5) is 0 Å². The number of hydrogen-bond acceptors (Lipinski definition) is 2. The molecule has 0 aliphatic carbocycles. The number of fused-ring (bicyclic) bond motifs is 1. The van der Waals surface area contributed by atoms with Crippen molar-refractivity contribution < 1.29 is 14.7 Å². The summed E-state index contributed by atoms with van der Waals surface area (Å²) in [6.45, 7) is 6.36. The van der Waals surface area contributed by atoms with Crippen LogP contribution in [0.15, 0.2) is 18.2 Å². The second kappa shape index (κ2) is 5.48. The molecule has 1 N–H and O–H groups in total. The molecular formula is C17H20N2O3. The minimum atomic E-state index is -0.908. The summed E-state index contributed by atoms with van der Waals surface area (Å²) in [5.41, 5.74) is 3.57. The lowest BCUT2D eigenvalue weighted by Crippen LogP contribution is -2.28. The number of aryl methyl sites for hydroxylation is 1. The Bertz CT molecular complexity index is 761. The highest BCUT2D eigenvalue weighted by molar-refractivity contribution is 5.95. The standard InChI is InChI=1S/C17H20N2O3/c1-11-12(2)19(9-8-18-7-3-4-16(18)20)15-6-5-13(17(21)22)10-14(11)15/h5-6,10H,3-4,7-9H2,1-2H3,(H,21,22). The zero-order chi connectivity index (χ0) is 15.9. The van der Waals surface area contributed by atoms with Gasteiger partial charge < -0.3 is 14.6 Å². The van der Waals surface area contributed by atoms with Gasteiger partial charge in [-0.3, -0.25) is 4.79 Å². The second-order valence-corrected chi connectivity index (χ2v) is 5.88. The largest absolute Gasteiger partial charge is 0.478 e. The van der Waals surface area contributed by atoms with Crippen LogP contribution in [-0.2, 0) is 11.3 Å². The fraction of sp³-hybridized carbons (Fsp3) is 0.412. The molecule has 1 aromatic heterocycles. The Kier molecular flexibility index (Phi) is 3.64. The van der Waals surface area contributed by atoms with E-state index in [1.54, 1.807) is 12.1 Å². The Balaban J connectivity index is 1.93. The Morgan fingerprint density at radius 3 is 2.68 bits per heavy atom. The van der Waals surface area contributed by atoms with Gasteiger partial charge in [0.2, 0.25) is 5.91 Å². The molecule has 1 aromatic carbocycles. The monoisotopic (exact) mass is 300 g/mol. The molecule has 0 atom stereocenters. The first kappa shape index (κ1) is 14.6. The highest BCUT2D eigenvalue weighted by Gasteiger charge is 2.20. The average molecular weight is 300 g/mol. The molecule has 1 aliphatic heterocycles. The minimum Gasteiger partial charge on any atom is -0.478 e. The van der Waals surface area contributed by atoms with Crippen molar-refractivity contribution in [3.05, 3.63) is 35.0 Å². The number of aromatic carboxylic acids is 1. The van der Waals surface area contributed by atoms with Crippen molar-refractivity contribution in [2.75, 3.05) is 13.1 Å². The van der Waals surface area contributed by atoms with Crippen molar-refractivity contribution in [3.63, 3.8) is 0 Å². The number of carboxylic acid groups (broad SMARTS) is 1. The van der Waals surface area contributed by atoms with Crippen molar-refractivity contribution in [2.24, 2.45) is 0 Å². The third-order valence-corrected chi connectivity index (χ3v) is 4.65. The summed E-state index contributed by atoms with van der Waals surface area (Å²) >= 11 is 0. The van der Waals surface area contributed by atoms with Crippen LogP contribution in [0.2, 0.25) is 0 Å². The van der Waals surface area contributed by atoms with E-state index in [1.807, 2.05) is 24.8 Å². The molecule has 3 rings (SSSR count). The first-order valence-electron chi connectivity index (χ1n) is 7.59. The lowest BCUT2D eigenvalue weighted by molar-refractivity contribution is -0.127. The van der Waals surface area contributed by atoms with Gasteiger partial charge >= 0.3 is 5.97 Å². The first-order valence-corrected chi connectivity index (χ1v) is 7.59. The van der Waals surface area contributed by atoms with Crippen molar-refractivity contribution in [1.82, 2.24) is 9.47 Å². The van der Waals surface area contributed by atoms with Gasteiger partial charge in [0, 0.05) is 42.7 Å². The van der Waals surface area contributed by atoms with Gasteiger partial charge in [-0.1, -0.05) is 0 Å². The van der Waals surface area contributed by atoms with Crippen molar-refractivity contribution in [1.29, 1.82) is 0 Å². The van der Waals surface area contributed by atoms with Gasteiger partial charge in [0.05, 0.1) is 5.56 Å². The van der Waals surface area contributed by atoms with Crippen molar-refractivity contribution >= 4 is 22.8 Å². The smallest absolute Gasteiger partial charge is 0.335 e. The number of nitrogens with zero attached hydrogens (tertiary/aromatic N) is 2. The summed E-state index contributed by atoms with van der Waals surface area (Å²) in [5.74, 6) is -0.673. The Hall–Kier alpha value is -2.30. The molecule has 22 heavy (non-hydrogen) atoms. The van der Waals surface area contributed by atoms with Gasteiger partial charge in [0.25, 0.3) is 0 Å². The lowest BCUT2D eigenvalue weighted by atomic mass is 10.1. The summed E-state index contributed by atoms with van der Waals surface area (Å²) in [6, 6.07) is 5.24. The summed E-state index contributed by atoms with van der Waals surface area (Å²) in [7, 11) is 0. The number of carbonyl (C=O) groups excluding carboxylic acids is 1. The lowest BCUT2D eigenvalue weighted by Gasteiger charge is -2.17. The van der Waals surface area contributed by atoms with E-state index in [0.717, 1.165) is 41.7 Å². The van der Waals surface area contributed by atoms with Crippen LogP contribution in [0, 0.1) is 13.8 Å². The molecule has 1 aliphatic rings. The quantitative estimate of drug-likeness (QED) is 0.944. The highest BCUT2D eigenvalue weighted by atomic mass is 16.4. The molecule has 0 saturated carbocycles. The van der Waals surface area contributed by atoms with Crippen LogP contribution in [0.1, 0.15) is 34.5 Å². The Morgan fingerprint density at radius 1 is 1.27 bits per heavy atom. The summed E-state index contributed by atoms with van der Waals surface area (Å²) in [4.78, 5) is 24.8. The zero-order valence-corrected chi connectivity index (χ0v) is 12.9. The fourth-order valence-corrected chi connectivity index (χ4v) is 3.23. The number of carboxylic acids is 1. The highest BCUT2D eigenvalue weighted by Crippen LogP contribution is 2.26. The van der Waals surface area contributed by atoms with E-state index in [0.29, 0.717) is 18.5 Å². The van der Waals surface area contributed by atoms with E-state index in [2.05, 4.69) is 4.57 Å². The number of likely N-dealkylation sites (tertiary alicyclic amines) is 1. The van der Waals surface area contributed by atoms with E-state index in [-0.39, 0.29) is 5.91 Å². The van der Waals surface area contributed by atoms with E-state index in [9.17, 15) is 9.59 Å². The number of carbonyl (C=O) groups is 2. The SMILES string of the molecule is Cc1c(C)n(CCN2CCCC2=O)c2ccc(C(=O)O)cc12. The third-order valence-electron chi connectivity index (χ3n) is 4.65. The molecule has 1 saturated heterocycles. The summed E-state index contributed by atoms with van der Waals surface area (Å²) < 4.78 is 2.18. The molecule has 116 valence electrons. The molecule has 0 bridgehead atoms.